The molecular weight excluding hydrogens is 268 g/mol. The van der Waals surface area contributed by atoms with Crippen molar-refractivity contribution in [1.82, 2.24) is 10.2 Å². The monoisotopic (exact) mass is 288 g/mol. The second-order valence-electron chi connectivity index (χ2n) is 5.53. The van der Waals surface area contributed by atoms with Crippen molar-refractivity contribution in [2.45, 2.75) is 25.8 Å². The van der Waals surface area contributed by atoms with Crippen molar-refractivity contribution in [1.29, 1.82) is 0 Å². The van der Waals surface area contributed by atoms with Crippen molar-refractivity contribution in [2.75, 3.05) is 26.2 Å². The van der Waals surface area contributed by atoms with E-state index in [1.165, 1.54) is 0 Å². The van der Waals surface area contributed by atoms with E-state index in [2.05, 4.69) is 5.32 Å². The summed E-state index contributed by atoms with van der Waals surface area (Å²) in [5.74, 6) is 0.979. The fraction of sp³-hybridized carbons (Fsp3) is 0.500. The smallest absolute Gasteiger partial charge is 0.237 e. The minimum absolute atomic E-state index is 0.0268. The second kappa shape index (κ2) is 5.85. The van der Waals surface area contributed by atoms with Gasteiger partial charge in [-0.1, -0.05) is 6.92 Å². The summed E-state index contributed by atoms with van der Waals surface area (Å²) >= 11 is 0. The molecule has 0 spiro atoms. The van der Waals surface area contributed by atoms with Crippen LogP contribution in [-0.2, 0) is 11.2 Å². The molecule has 1 N–H and O–H groups in total. The summed E-state index contributed by atoms with van der Waals surface area (Å²) in [7, 11) is 0. The Morgan fingerprint density at radius 1 is 1.48 bits per heavy atom. The van der Waals surface area contributed by atoms with Crippen molar-refractivity contribution in [2.24, 2.45) is 0 Å². The molecule has 112 valence electrons. The molecule has 2 aliphatic rings. The molecule has 5 nitrogen and oxygen atoms in total. The first kappa shape index (κ1) is 14.1. The fourth-order valence-electron chi connectivity index (χ4n) is 3.03. The van der Waals surface area contributed by atoms with Crippen LogP contribution in [0.5, 0.6) is 5.75 Å². The highest BCUT2D eigenvalue weighted by atomic mass is 16.5. The Morgan fingerprint density at radius 2 is 2.33 bits per heavy atom. The van der Waals surface area contributed by atoms with Gasteiger partial charge in [-0.3, -0.25) is 14.5 Å². The average Bonchev–Trinajstić information content (AvgIpc) is 2.94. The number of ketones is 1. The minimum atomic E-state index is -0.194. The maximum absolute atomic E-state index is 12.5. The number of hydrogen-bond acceptors (Lipinski definition) is 4. The number of fused-ring (bicyclic) bond motifs is 1. The van der Waals surface area contributed by atoms with Crippen LogP contribution < -0.4 is 10.1 Å². The van der Waals surface area contributed by atoms with Crippen LogP contribution in [0.3, 0.4) is 0 Å². The number of piperazine rings is 1. The van der Waals surface area contributed by atoms with Crippen LogP contribution in [0.1, 0.15) is 29.3 Å². The molecule has 0 aliphatic carbocycles. The quantitative estimate of drug-likeness (QED) is 0.840. The van der Waals surface area contributed by atoms with E-state index in [1.54, 1.807) is 0 Å². The van der Waals surface area contributed by atoms with Gasteiger partial charge in [-0.05, 0) is 30.2 Å². The molecule has 2 heterocycles. The number of benzene rings is 1. The molecule has 1 atom stereocenters. The molecule has 1 unspecified atom stereocenters. The molecule has 2 aliphatic heterocycles. The van der Waals surface area contributed by atoms with Crippen LogP contribution >= 0.6 is 0 Å². The van der Waals surface area contributed by atoms with Crippen molar-refractivity contribution in [3.8, 4) is 5.75 Å². The van der Waals surface area contributed by atoms with Gasteiger partial charge in [-0.2, -0.15) is 0 Å². The maximum Gasteiger partial charge on any atom is 0.237 e. The number of Topliss-reactive ketones (excluding diaryl/α,β-unsaturated/α-hetero) is 1. The first-order chi connectivity index (χ1) is 10.2. The van der Waals surface area contributed by atoms with Gasteiger partial charge in [0.15, 0.2) is 5.78 Å². The lowest BCUT2D eigenvalue weighted by atomic mass is 10.0. The van der Waals surface area contributed by atoms with Gasteiger partial charge in [0, 0.05) is 25.1 Å². The van der Waals surface area contributed by atoms with Crippen LogP contribution in [-0.4, -0.2) is 48.9 Å². The van der Waals surface area contributed by atoms with E-state index in [9.17, 15) is 9.59 Å². The Balaban J connectivity index is 1.72. The predicted molar refractivity (Wildman–Crippen MR) is 78.6 cm³/mol. The summed E-state index contributed by atoms with van der Waals surface area (Å²) in [5, 5.41) is 2.85. The maximum atomic E-state index is 12.5. The third-order valence-corrected chi connectivity index (χ3v) is 4.19. The minimum Gasteiger partial charge on any atom is -0.493 e. The SMILES string of the molecule is CCC1C(=O)NCCN1CC(=O)c1ccc2c(c1)CCO2. The van der Waals surface area contributed by atoms with Gasteiger partial charge in [0.1, 0.15) is 5.75 Å². The van der Waals surface area contributed by atoms with Crippen molar-refractivity contribution in [3.63, 3.8) is 0 Å². The summed E-state index contributed by atoms with van der Waals surface area (Å²) in [6.45, 7) is 4.30. The Bertz CT molecular complexity index is 571. The van der Waals surface area contributed by atoms with Crippen molar-refractivity contribution in [3.05, 3.63) is 29.3 Å². The van der Waals surface area contributed by atoms with Crippen LogP contribution in [0.15, 0.2) is 18.2 Å². The van der Waals surface area contributed by atoms with E-state index in [-0.39, 0.29) is 17.7 Å². The first-order valence-corrected chi connectivity index (χ1v) is 7.49. The zero-order valence-electron chi connectivity index (χ0n) is 12.2. The van der Waals surface area contributed by atoms with E-state index in [0.717, 1.165) is 30.7 Å². The number of ether oxygens (including phenoxy) is 1. The van der Waals surface area contributed by atoms with Crippen LogP contribution in [0.4, 0.5) is 0 Å². The molecule has 1 amide bonds. The zero-order valence-corrected chi connectivity index (χ0v) is 12.2. The summed E-state index contributed by atoms with van der Waals surface area (Å²) in [5.41, 5.74) is 1.81. The second-order valence-corrected chi connectivity index (χ2v) is 5.53. The van der Waals surface area contributed by atoms with E-state index in [0.29, 0.717) is 25.3 Å². The van der Waals surface area contributed by atoms with Gasteiger partial charge in [0.05, 0.1) is 19.2 Å². The van der Waals surface area contributed by atoms with Gasteiger partial charge >= 0.3 is 0 Å². The Morgan fingerprint density at radius 3 is 3.14 bits per heavy atom. The normalized spacial score (nSPS) is 21.6. The molecule has 21 heavy (non-hydrogen) atoms. The van der Waals surface area contributed by atoms with E-state index in [1.807, 2.05) is 30.0 Å². The first-order valence-electron chi connectivity index (χ1n) is 7.49. The highest BCUT2D eigenvalue weighted by Gasteiger charge is 2.29. The van der Waals surface area contributed by atoms with Crippen molar-refractivity contribution >= 4 is 11.7 Å². The number of hydrogen-bond donors (Lipinski definition) is 1. The van der Waals surface area contributed by atoms with Gasteiger partial charge in [0.25, 0.3) is 0 Å². The summed E-state index contributed by atoms with van der Waals surface area (Å²) < 4.78 is 5.46. The molecular formula is C16H20N2O3. The molecule has 1 aromatic rings. The van der Waals surface area contributed by atoms with Crippen molar-refractivity contribution < 1.29 is 14.3 Å². The predicted octanol–water partition coefficient (Wildman–Crippen LogP) is 1.01. The van der Waals surface area contributed by atoms with E-state index >= 15 is 0 Å². The molecule has 1 saturated heterocycles. The molecule has 1 fully saturated rings. The lowest BCUT2D eigenvalue weighted by molar-refractivity contribution is -0.128. The molecule has 0 aromatic heterocycles. The lowest BCUT2D eigenvalue weighted by Crippen LogP contribution is -2.56. The largest absolute Gasteiger partial charge is 0.493 e. The Labute approximate surface area is 124 Å². The van der Waals surface area contributed by atoms with Gasteiger partial charge in [-0.25, -0.2) is 0 Å². The third-order valence-electron chi connectivity index (χ3n) is 4.19. The number of nitrogens with zero attached hydrogens (tertiary/aromatic N) is 1. The standard InChI is InChI=1S/C16H20N2O3/c1-2-13-16(20)17-6-7-18(13)10-14(19)11-3-4-15-12(9-11)5-8-21-15/h3-4,9,13H,2,5-8,10H2,1H3,(H,17,20). The summed E-state index contributed by atoms with van der Waals surface area (Å²) in [4.78, 5) is 26.3. The van der Waals surface area contributed by atoms with Crippen LogP contribution in [0, 0.1) is 0 Å². The highest BCUT2D eigenvalue weighted by molar-refractivity contribution is 5.98. The topological polar surface area (TPSA) is 58.6 Å². The molecule has 3 rings (SSSR count). The van der Waals surface area contributed by atoms with Gasteiger partial charge < -0.3 is 10.1 Å². The van der Waals surface area contributed by atoms with E-state index in [4.69, 9.17) is 4.74 Å². The molecule has 0 radical (unpaired) electrons. The number of carbonyl (C=O) groups excluding carboxylic acids is 2. The van der Waals surface area contributed by atoms with Gasteiger partial charge in [0.2, 0.25) is 5.91 Å². The Hall–Kier alpha value is -1.88. The number of rotatable bonds is 4. The molecule has 1 aromatic carbocycles. The summed E-state index contributed by atoms with van der Waals surface area (Å²) in [6.07, 6.45) is 1.58. The molecule has 0 saturated carbocycles. The Kier molecular flexibility index (Phi) is 3.92. The summed E-state index contributed by atoms with van der Waals surface area (Å²) in [6, 6.07) is 5.42. The zero-order chi connectivity index (χ0) is 14.8. The number of nitrogens with one attached hydrogen (secondary N) is 1. The van der Waals surface area contributed by atoms with Gasteiger partial charge in [-0.15, -0.1) is 0 Å². The lowest BCUT2D eigenvalue weighted by Gasteiger charge is -2.33. The van der Waals surface area contributed by atoms with Crippen LogP contribution in [0.25, 0.3) is 0 Å². The highest BCUT2D eigenvalue weighted by Crippen LogP contribution is 2.26. The number of amides is 1. The number of carbonyl (C=O) groups is 2. The average molecular weight is 288 g/mol. The third kappa shape index (κ3) is 2.78. The van der Waals surface area contributed by atoms with Crippen LogP contribution in [0.2, 0.25) is 0 Å². The molecule has 5 heteroatoms. The molecule has 0 bridgehead atoms. The van der Waals surface area contributed by atoms with E-state index < -0.39 is 0 Å². The fourth-order valence-corrected chi connectivity index (χ4v) is 3.03.